The van der Waals surface area contributed by atoms with Crippen LogP contribution in [0.25, 0.3) is 11.0 Å². The van der Waals surface area contributed by atoms with E-state index in [0.717, 1.165) is 16.6 Å². The maximum absolute atomic E-state index is 12.1. The molecule has 0 saturated carbocycles. The second kappa shape index (κ2) is 7.94. The monoisotopic (exact) mass is 321 g/mol. The molecule has 0 spiro atoms. The molecule has 2 aromatic rings. The molecule has 0 aliphatic rings. The summed E-state index contributed by atoms with van der Waals surface area (Å²) in [6.45, 7) is 6.99. The van der Waals surface area contributed by atoms with Crippen molar-refractivity contribution in [2.45, 2.75) is 32.9 Å². The largest absolute Gasteiger partial charge is 0.379 e. The summed E-state index contributed by atoms with van der Waals surface area (Å²) < 4.78 is 10.6. The topological polar surface area (TPSA) is 96.2 Å². The lowest BCUT2D eigenvalue weighted by Crippen LogP contribution is -2.36. The summed E-state index contributed by atoms with van der Waals surface area (Å²) in [6.07, 6.45) is -0.547. The number of ether oxygens (including phenoxy) is 2. The predicted octanol–water partition coefficient (Wildman–Crippen LogP) is 1.47. The maximum atomic E-state index is 12.1. The van der Waals surface area contributed by atoms with Crippen LogP contribution in [-0.4, -0.2) is 41.8 Å². The van der Waals surface area contributed by atoms with E-state index in [0.29, 0.717) is 19.8 Å². The van der Waals surface area contributed by atoms with Crippen molar-refractivity contribution < 1.29 is 14.3 Å². The molecular formula is C16H23N3O4. The molecule has 0 saturated heterocycles. The van der Waals surface area contributed by atoms with Crippen LogP contribution in [0.1, 0.15) is 32.4 Å². The number of H-pyrrole nitrogens is 2. The lowest BCUT2D eigenvalue weighted by molar-refractivity contribution is -0.133. The summed E-state index contributed by atoms with van der Waals surface area (Å²) in [4.78, 5) is 28.8. The first-order valence-corrected chi connectivity index (χ1v) is 7.73. The Labute approximate surface area is 134 Å². The quantitative estimate of drug-likeness (QED) is 0.642. The molecule has 7 heteroatoms. The molecule has 2 rings (SSSR count). The molecule has 0 aliphatic carbocycles. The number of aromatic nitrogens is 2. The van der Waals surface area contributed by atoms with Crippen molar-refractivity contribution >= 4 is 16.9 Å². The molecule has 0 radical (unpaired) electrons. The van der Waals surface area contributed by atoms with Crippen LogP contribution in [0.5, 0.6) is 0 Å². The summed E-state index contributed by atoms with van der Waals surface area (Å²) in [7, 11) is 0. The fraction of sp³-hybridized carbons (Fsp3) is 0.500. The van der Waals surface area contributed by atoms with E-state index in [-0.39, 0.29) is 17.6 Å². The van der Waals surface area contributed by atoms with Gasteiger partial charge in [0.25, 0.3) is 0 Å². The van der Waals surface area contributed by atoms with Crippen LogP contribution in [0, 0.1) is 0 Å². The minimum absolute atomic E-state index is 0.184. The summed E-state index contributed by atoms with van der Waals surface area (Å²) in [5.41, 5.74) is 2.12. The molecule has 1 aromatic heterocycles. The molecule has 0 fully saturated rings. The van der Waals surface area contributed by atoms with Gasteiger partial charge in [0.15, 0.2) is 0 Å². The van der Waals surface area contributed by atoms with Gasteiger partial charge in [-0.05, 0) is 38.5 Å². The predicted molar refractivity (Wildman–Crippen MR) is 87.4 cm³/mol. The zero-order valence-corrected chi connectivity index (χ0v) is 13.6. The number of amides is 1. The van der Waals surface area contributed by atoms with E-state index in [1.165, 1.54) is 0 Å². The Morgan fingerprint density at radius 2 is 1.96 bits per heavy atom. The minimum atomic E-state index is -0.547. The van der Waals surface area contributed by atoms with Crippen molar-refractivity contribution in [3.05, 3.63) is 34.2 Å². The Kier molecular flexibility index (Phi) is 5.95. The number of carbonyl (C=O) groups excluding carboxylic acids is 1. The number of aromatic amines is 2. The van der Waals surface area contributed by atoms with E-state index in [4.69, 9.17) is 9.47 Å². The molecule has 1 aromatic carbocycles. The summed E-state index contributed by atoms with van der Waals surface area (Å²) >= 11 is 0. The van der Waals surface area contributed by atoms with Crippen LogP contribution >= 0.6 is 0 Å². The van der Waals surface area contributed by atoms with Gasteiger partial charge in [0.2, 0.25) is 5.91 Å². The first kappa shape index (κ1) is 17.2. The Morgan fingerprint density at radius 1 is 1.22 bits per heavy atom. The normalized spacial score (nSPS) is 13.9. The first-order chi connectivity index (χ1) is 11.0. The minimum Gasteiger partial charge on any atom is -0.379 e. The van der Waals surface area contributed by atoms with Gasteiger partial charge in [-0.1, -0.05) is 6.07 Å². The van der Waals surface area contributed by atoms with Crippen molar-refractivity contribution in [3.8, 4) is 0 Å². The molecular weight excluding hydrogens is 298 g/mol. The number of hydrogen-bond donors (Lipinski definition) is 3. The molecule has 0 unspecified atom stereocenters. The number of benzene rings is 1. The van der Waals surface area contributed by atoms with Crippen molar-refractivity contribution in [1.82, 2.24) is 15.3 Å². The summed E-state index contributed by atoms with van der Waals surface area (Å²) in [5.74, 6) is -0.184. The Bertz CT molecular complexity index is 707. The van der Waals surface area contributed by atoms with E-state index in [2.05, 4.69) is 15.3 Å². The number of carbonyl (C=O) groups is 1. The van der Waals surface area contributed by atoms with Crippen LogP contribution in [0.15, 0.2) is 23.0 Å². The van der Waals surface area contributed by atoms with E-state index >= 15 is 0 Å². The van der Waals surface area contributed by atoms with Crippen molar-refractivity contribution in [2.24, 2.45) is 0 Å². The third kappa shape index (κ3) is 4.67. The standard InChI is InChI=1S/C16H23N3O4/c1-4-22-7-8-23-11(3)15(20)17-10(2)12-5-6-13-14(9-12)19-16(21)18-13/h5-6,9-11H,4,7-8H2,1-3H3,(H,17,20)(H2,18,19,21)/t10-,11+/m1/s1. The van der Waals surface area contributed by atoms with Crippen molar-refractivity contribution in [1.29, 1.82) is 0 Å². The lowest BCUT2D eigenvalue weighted by Gasteiger charge is -2.18. The fourth-order valence-electron chi connectivity index (χ4n) is 2.24. The van der Waals surface area contributed by atoms with E-state index < -0.39 is 6.10 Å². The van der Waals surface area contributed by atoms with Gasteiger partial charge < -0.3 is 24.8 Å². The molecule has 0 bridgehead atoms. The molecule has 1 amide bonds. The van der Waals surface area contributed by atoms with Gasteiger partial charge in [0.1, 0.15) is 6.10 Å². The molecule has 126 valence electrons. The van der Waals surface area contributed by atoms with Gasteiger partial charge in [-0.2, -0.15) is 0 Å². The second-order valence-corrected chi connectivity index (χ2v) is 5.32. The number of rotatable bonds is 8. The lowest BCUT2D eigenvalue weighted by atomic mass is 10.1. The highest BCUT2D eigenvalue weighted by Gasteiger charge is 2.17. The number of imidazole rings is 1. The molecule has 1 heterocycles. The van der Waals surface area contributed by atoms with E-state index in [1.807, 2.05) is 32.0 Å². The molecule has 2 atom stereocenters. The van der Waals surface area contributed by atoms with Crippen LogP contribution in [-0.2, 0) is 14.3 Å². The Hall–Kier alpha value is -2.12. The van der Waals surface area contributed by atoms with Gasteiger partial charge >= 0.3 is 5.69 Å². The zero-order chi connectivity index (χ0) is 16.8. The smallest absolute Gasteiger partial charge is 0.323 e. The average Bonchev–Trinajstić information content (AvgIpc) is 2.90. The van der Waals surface area contributed by atoms with E-state index in [1.54, 1.807) is 6.92 Å². The fourth-order valence-corrected chi connectivity index (χ4v) is 2.24. The highest BCUT2D eigenvalue weighted by Crippen LogP contribution is 2.17. The highest BCUT2D eigenvalue weighted by molar-refractivity contribution is 5.81. The number of nitrogens with one attached hydrogen (secondary N) is 3. The molecule has 0 aliphatic heterocycles. The highest BCUT2D eigenvalue weighted by atomic mass is 16.5. The van der Waals surface area contributed by atoms with Crippen LogP contribution in [0.4, 0.5) is 0 Å². The average molecular weight is 321 g/mol. The van der Waals surface area contributed by atoms with Crippen molar-refractivity contribution in [2.75, 3.05) is 19.8 Å². The van der Waals surface area contributed by atoms with Crippen molar-refractivity contribution in [3.63, 3.8) is 0 Å². The van der Waals surface area contributed by atoms with E-state index in [9.17, 15) is 9.59 Å². The van der Waals surface area contributed by atoms with Gasteiger partial charge in [-0.3, -0.25) is 4.79 Å². The second-order valence-electron chi connectivity index (χ2n) is 5.32. The summed E-state index contributed by atoms with van der Waals surface area (Å²) in [5, 5.41) is 2.90. The number of hydrogen-bond acceptors (Lipinski definition) is 4. The number of fused-ring (bicyclic) bond motifs is 1. The SMILES string of the molecule is CCOCCO[C@@H](C)C(=O)N[C@H](C)c1ccc2[nH]c(=O)[nH]c2c1. The van der Waals surface area contributed by atoms with Crippen LogP contribution in [0.2, 0.25) is 0 Å². The third-order valence-electron chi connectivity index (χ3n) is 3.57. The third-order valence-corrected chi connectivity index (χ3v) is 3.57. The van der Waals surface area contributed by atoms with Gasteiger partial charge in [-0.25, -0.2) is 4.79 Å². The summed E-state index contributed by atoms with van der Waals surface area (Å²) in [6, 6.07) is 5.34. The zero-order valence-electron chi connectivity index (χ0n) is 13.6. The Balaban J connectivity index is 1.92. The molecule has 23 heavy (non-hydrogen) atoms. The van der Waals surface area contributed by atoms with Crippen LogP contribution < -0.4 is 11.0 Å². The van der Waals surface area contributed by atoms with Gasteiger partial charge in [0, 0.05) is 6.61 Å². The van der Waals surface area contributed by atoms with Gasteiger partial charge in [0.05, 0.1) is 30.3 Å². The molecule has 3 N–H and O–H groups in total. The maximum Gasteiger partial charge on any atom is 0.323 e. The van der Waals surface area contributed by atoms with Crippen LogP contribution in [0.3, 0.4) is 0 Å². The van der Waals surface area contributed by atoms with Gasteiger partial charge in [-0.15, -0.1) is 0 Å². The Morgan fingerprint density at radius 3 is 2.70 bits per heavy atom. The molecule has 7 nitrogen and oxygen atoms in total. The first-order valence-electron chi connectivity index (χ1n) is 7.73.